The Morgan fingerprint density at radius 1 is 1.16 bits per heavy atom. The monoisotopic (exact) mass is 256 g/mol. The van der Waals surface area contributed by atoms with Crippen molar-refractivity contribution in [2.75, 3.05) is 6.61 Å². The summed E-state index contributed by atoms with van der Waals surface area (Å²) in [6, 6.07) is 10.3. The molecule has 1 aromatic carbocycles. The van der Waals surface area contributed by atoms with E-state index in [-0.39, 0.29) is 5.97 Å². The van der Waals surface area contributed by atoms with Crippen LogP contribution in [0.5, 0.6) is 0 Å². The van der Waals surface area contributed by atoms with Crippen molar-refractivity contribution in [2.45, 2.75) is 32.6 Å². The third kappa shape index (κ3) is 3.82. The van der Waals surface area contributed by atoms with Crippen LogP contribution in [0.2, 0.25) is 0 Å². The highest BCUT2D eigenvalue weighted by Crippen LogP contribution is 2.32. The van der Waals surface area contributed by atoms with Gasteiger partial charge >= 0.3 is 5.97 Å². The fourth-order valence-electron chi connectivity index (χ4n) is 2.45. The zero-order chi connectivity index (χ0) is 13.5. The van der Waals surface area contributed by atoms with Crippen LogP contribution >= 0.6 is 0 Å². The molecule has 1 aromatic rings. The van der Waals surface area contributed by atoms with Gasteiger partial charge < -0.3 is 4.74 Å². The van der Waals surface area contributed by atoms with E-state index in [9.17, 15) is 4.79 Å². The van der Waals surface area contributed by atoms with Gasteiger partial charge in [0.05, 0.1) is 6.61 Å². The fourth-order valence-corrected chi connectivity index (χ4v) is 2.45. The van der Waals surface area contributed by atoms with Crippen molar-refractivity contribution in [3.8, 4) is 0 Å². The van der Waals surface area contributed by atoms with Gasteiger partial charge in [-0.05, 0) is 49.8 Å². The van der Waals surface area contributed by atoms with Gasteiger partial charge in [-0.15, -0.1) is 0 Å². The van der Waals surface area contributed by atoms with Gasteiger partial charge in [0.2, 0.25) is 0 Å². The Bertz CT molecular complexity index is 475. The smallest absolute Gasteiger partial charge is 0.330 e. The van der Waals surface area contributed by atoms with Gasteiger partial charge in [-0.3, -0.25) is 0 Å². The SMILES string of the molecule is CCOC(=O)/C=C/C(=C1CCCC1)c1ccccc1. The summed E-state index contributed by atoms with van der Waals surface area (Å²) in [4.78, 5) is 11.5. The number of rotatable bonds is 4. The van der Waals surface area contributed by atoms with Crippen LogP contribution in [0.4, 0.5) is 0 Å². The van der Waals surface area contributed by atoms with Crippen molar-refractivity contribution in [1.29, 1.82) is 0 Å². The average Bonchev–Trinajstić information content (AvgIpc) is 2.94. The summed E-state index contributed by atoms with van der Waals surface area (Å²) in [5.41, 5.74) is 3.82. The Morgan fingerprint density at radius 3 is 2.47 bits per heavy atom. The molecule has 1 aliphatic carbocycles. The fraction of sp³-hybridized carbons (Fsp3) is 0.353. The predicted octanol–water partition coefficient (Wildman–Crippen LogP) is 4.13. The number of esters is 1. The Labute approximate surface area is 114 Å². The van der Waals surface area contributed by atoms with E-state index in [4.69, 9.17) is 4.74 Å². The molecule has 2 rings (SSSR count). The maximum atomic E-state index is 11.5. The average molecular weight is 256 g/mol. The molecule has 0 atom stereocenters. The third-order valence-corrected chi connectivity index (χ3v) is 3.35. The summed E-state index contributed by atoms with van der Waals surface area (Å²) < 4.78 is 4.94. The van der Waals surface area contributed by atoms with Gasteiger partial charge in [0.1, 0.15) is 0 Å². The van der Waals surface area contributed by atoms with E-state index < -0.39 is 0 Å². The van der Waals surface area contributed by atoms with Crippen molar-refractivity contribution >= 4 is 11.5 Å². The molecule has 19 heavy (non-hydrogen) atoms. The van der Waals surface area contributed by atoms with E-state index in [1.165, 1.54) is 35.6 Å². The highest BCUT2D eigenvalue weighted by Gasteiger charge is 2.12. The van der Waals surface area contributed by atoms with Crippen LogP contribution in [0, 0.1) is 0 Å². The molecule has 0 heterocycles. The molecule has 0 aliphatic heterocycles. The Morgan fingerprint density at radius 2 is 1.84 bits per heavy atom. The lowest BCUT2D eigenvalue weighted by Crippen LogP contribution is -1.99. The minimum absolute atomic E-state index is 0.269. The summed E-state index contributed by atoms with van der Waals surface area (Å²) in [6.45, 7) is 2.24. The van der Waals surface area contributed by atoms with Crippen LogP contribution in [-0.4, -0.2) is 12.6 Å². The highest BCUT2D eigenvalue weighted by molar-refractivity contribution is 5.88. The molecule has 0 aromatic heterocycles. The van der Waals surface area contributed by atoms with E-state index in [2.05, 4.69) is 12.1 Å². The normalized spacial score (nSPS) is 14.9. The van der Waals surface area contributed by atoms with Crippen LogP contribution < -0.4 is 0 Å². The van der Waals surface area contributed by atoms with Crippen LogP contribution in [-0.2, 0) is 9.53 Å². The van der Waals surface area contributed by atoms with Crippen LogP contribution in [0.15, 0.2) is 48.1 Å². The van der Waals surface area contributed by atoms with Gasteiger partial charge in [-0.1, -0.05) is 35.9 Å². The molecule has 2 heteroatoms. The number of hydrogen-bond acceptors (Lipinski definition) is 2. The van der Waals surface area contributed by atoms with Gasteiger partial charge in [0.25, 0.3) is 0 Å². The molecule has 0 unspecified atom stereocenters. The zero-order valence-corrected chi connectivity index (χ0v) is 11.4. The first-order valence-electron chi connectivity index (χ1n) is 6.93. The number of carbonyl (C=O) groups is 1. The first-order valence-corrected chi connectivity index (χ1v) is 6.93. The highest BCUT2D eigenvalue weighted by atomic mass is 16.5. The van der Waals surface area contributed by atoms with Crippen molar-refractivity contribution in [3.05, 3.63) is 53.6 Å². The van der Waals surface area contributed by atoms with Crippen LogP contribution in [0.25, 0.3) is 5.57 Å². The molecule has 2 nitrogen and oxygen atoms in total. The second kappa shape index (κ2) is 6.93. The maximum Gasteiger partial charge on any atom is 0.330 e. The summed E-state index contributed by atoms with van der Waals surface area (Å²) >= 11 is 0. The van der Waals surface area contributed by atoms with E-state index in [0.29, 0.717) is 6.61 Å². The molecule has 1 saturated carbocycles. The Hall–Kier alpha value is -1.83. The second-order valence-electron chi connectivity index (χ2n) is 4.68. The lowest BCUT2D eigenvalue weighted by molar-refractivity contribution is -0.137. The summed E-state index contributed by atoms with van der Waals surface area (Å²) in [6.07, 6.45) is 8.22. The lowest BCUT2D eigenvalue weighted by atomic mass is 9.98. The third-order valence-electron chi connectivity index (χ3n) is 3.35. The lowest BCUT2D eigenvalue weighted by Gasteiger charge is -2.07. The van der Waals surface area contributed by atoms with E-state index in [1.54, 1.807) is 0 Å². The number of allylic oxidation sites excluding steroid dienone is 3. The standard InChI is InChI=1S/C17H20O2/c1-2-19-17(18)13-12-16(15-10-6-7-11-15)14-8-4-3-5-9-14/h3-5,8-9,12-13H,2,6-7,10-11H2,1H3/b13-12+. The minimum Gasteiger partial charge on any atom is -0.463 e. The first kappa shape index (κ1) is 13.6. The maximum absolute atomic E-state index is 11.5. The summed E-state index contributed by atoms with van der Waals surface area (Å²) in [5.74, 6) is -0.269. The molecular weight excluding hydrogens is 236 g/mol. The largest absolute Gasteiger partial charge is 0.463 e. The zero-order valence-electron chi connectivity index (χ0n) is 11.4. The van der Waals surface area contributed by atoms with E-state index >= 15 is 0 Å². The van der Waals surface area contributed by atoms with Crippen molar-refractivity contribution in [1.82, 2.24) is 0 Å². The molecule has 0 radical (unpaired) electrons. The molecule has 0 spiro atoms. The van der Waals surface area contributed by atoms with Gasteiger partial charge in [-0.25, -0.2) is 4.79 Å². The topological polar surface area (TPSA) is 26.3 Å². The molecular formula is C17H20O2. The van der Waals surface area contributed by atoms with Crippen LogP contribution in [0.1, 0.15) is 38.2 Å². The summed E-state index contributed by atoms with van der Waals surface area (Å²) in [5, 5.41) is 0. The minimum atomic E-state index is -0.269. The van der Waals surface area contributed by atoms with Gasteiger partial charge in [0.15, 0.2) is 0 Å². The van der Waals surface area contributed by atoms with Crippen molar-refractivity contribution in [2.24, 2.45) is 0 Å². The predicted molar refractivity (Wildman–Crippen MR) is 77.6 cm³/mol. The van der Waals surface area contributed by atoms with Crippen LogP contribution in [0.3, 0.4) is 0 Å². The molecule has 0 saturated heterocycles. The van der Waals surface area contributed by atoms with E-state index in [1.807, 2.05) is 31.2 Å². The first-order chi connectivity index (χ1) is 9.31. The molecule has 0 N–H and O–H groups in total. The molecule has 1 fully saturated rings. The van der Waals surface area contributed by atoms with Gasteiger partial charge in [-0.2, -0.15) is 0 Å². The molecule has 100 valence electrons. The quantitative estimate of drug-likeness (QED) is 0.598. The number of benzene rings is 1. The summed E-state index contributed by atoms with van der Waals surface area (Å²) in [7, 11) is 0. The number of ether oxygens (including phenoxy) is 1. The molecule has 0 amide bonds. The number of hydrogen-bond donors (Lipinski definition) is 0. The van der Waals surface area contributed by atoms with Crippen molar-refractivity contribution < 1.29 is 9.53 Å². The van der Waals surface area contributed by atoms with E-state index in [0.717, 1.165) is 12.8 Å². The second-order valence-corrected chi connectivity index (χ2v) is 4.68. The number of carbonyl (C=O) groups excluding carboxylic acids is 1. The van der Waals surface area contributed by atoms with Crippen molar-refractivity contribution in [3.63, 3.8) is 0 Å². The van der Waals surface area contributed by atoms with Gasteiger partial charge in [0, 0.05) is 6.08 Å². The molecule has 1 aliphatic rings. The molecule has 0 bridgehead atoms. The Kier molecular flexibility index (Phi) is 4.96. The Balaban J connectivity index is 2.26.